The van der Waals surface area contributed by atoms with Crippen LogP contribution in [0.1, 0.15) is 195 Å². The Hall–Kier alpha value is -4.28. The lowest BCUT2D eigenvalue weighted by atomic mass is 9.93. The van der Waals surface area contributed by atoms with E-state index in [4.69, 9.17) is 46.9 Å². The Labute approximate surface area is 532 Å². The van der Waals surface area contributed by atoms with E-state index in [0.29, 0.717) is 45.3 Å². The van der Waals surface area contributed by atoms with Crippen molar-refractivity contribution in [3.63, 3.8) is 0 Å². The zero-order valence-corrected chi connectivity index (χ0v) is 56.2. The number of carbonyl (C=O) groups excluding carboxylic acids is 1. The smallest absolute Gasteiger partial charge is 0.378 e. The van der Waals surface area contributed by atoms with Crippen LogP contribution in [0.5, 0.6) is 0 Å². The van der Waals surface area contributed by atoms with Crippen LogP contribution in [0.4, 0.5) is 0 Å². The monoisotopic (exact) mass is 1300 g/mol. The molecule has 2 aliphatic heterocycles. The number of ether oxygens (including phenoxy) is 8. The van der Waals surface area contributed by atoms with Crippen molar-refractivity contribution >= 4 is 13.7 Å². The molecule has 0 saturated carbocycles. The van der Waals surface area contributed by atoms with Gasteiger partial charge in [-0.3, -0.25) is 42.5 Å². The largest absolute Gasteiger partial charge is 0.472 e. The standard InChI is InChI=1S/C63H110N9O17P/c1-9-11-13-15-17-19-21-23-25-27-31-68(32-28-26-24-22-20-18-16-14-12-10-2)35-37-82-39-41-84-42-40-83-38-36-70-45-50(66-67-70)44-69(56(75)43-51-53(47-85-48(3)4)87-60(57(51)80-7)71-33-29-54(73)64-62(71)76)46-52-58(89-90(78,79)88-49(5)6)59(81-8)61(86-52)72-34-30-55(74)65-63(72)77/h29-30,33-34,45,48-49,51-53,57-61H,9-28,31-32,35-44,46-47H2,1-8H3,(H,78,79)(H,64,73,76)(H,65,74,77)/t51-,52-,53-,57-,58-,59-,60-,61-/m1/s1. The van der Waals surface area contributed by atoms with Gasteiger partial charge < -0.3 is 52.6 Å². The van der Waals surface area contributed by atoms with Gasteiger partial charge in [0.1, 0.15) is 30.1 Å². The number of nitrogens with zero attached hydrogens (tertiary/aromatic N) is 7. The first-order chi connectivity index (χ1) is 43.5. The molecule has 514 valence electrons. The van der Waals surface area contributed by atoms with Crippen LogP contribution in [-0.2, 0) is 69.4 Å². The summed E-state index contributed by atoms with van der Waals surface area (Å²) in [4.78, 5) is 85.1. The summed E-state index contributed by atoms with van der Waals surface area (Å²) in [6, 6.07) is 2.28. The number of aromatic amines is 2. The minimum absolute atomic E-state index is 0.00745. The molecule has 3 N–H and O–H groups in total. The van der Waals surface area contributed by atoms with E-state index in [-0.39, 0.29) is 38.8 Å². The van der Waals surface area contributed by atoms with E-state index >= 15 is 4.79 Å². The average molecular weight is 1300 g/mol. The number of methoxy groups -OCH3 is 2. The molecule has 2 saturated heterocycles. The molecule has 5 rings (SSSR count). The van der Waals surface area contributed by atoms with Crippen LogP contribution in [0.25, 0.3) is 0 Å². The van der Waals surface area contributed by atoms with E-state index in [1.54, 1.807) is 24.7 Å². The molecule has 27 heteroatoms. The summed E-state index contributed by atoms with van der Waals surface area (Å²) in [5.74, 6) is -1.26. The zero-order chi connectivity index (χ0) is 65.1. The number of amides is 1. The molecule has 1 amide bonds. The molecule has 3 aromatic heterocycles. The molecule has 0 radical (unpaired) electrons. The van der Waals surface area contributed by atoms with Crippen LogP contribution < -0.4 is 22.5 Å². The summed E-state index contributed by atoms with van der Waals surface area (Å²) in [5.41, 5.74) is -2.55. The summed E-state index contributed by atoms with van der Waals surface area (Å²) in [5, 5.41) is 8.70. The molecular weight excluding hydrogens is 1190 g/mol. The molecule has 0 aromatic carbocycles. The van der Waals surface area contributed by atoms with Gasteiger partial charge in [0, 0.05) is 57.6 Å². The van der Waals surface area contributed by atoms with E-state index in [0.717, 1.165) is 30.3 Å². The van der Waals surface area contributed by atoms with E-state index in [1.165, 1.54) is 171 Å². The van der Waals surface area contributed by atoms with Crippen LogP contribution >= 0.6 is 7.82 Å². The second-order valence-electron chi connectivity index (χ2n) is 24.3. The predicted octanol–water partition coefficient (Wildman–Crippen LogP) is 8.07. The Morgan fingerprint density at radius 2 is 1.13 bits per heavy atom. The predicted molar refractivity (Wildman–Crippen MR) is 340 cm³/mol. The molecule has 26 nitrogen and oxygen atoms in total. The van der Waals surface area contributed by atoms with Gasteiger partial charge in [0.25, 0.3) is 11.1 Å². The average Bonchev–Trinajstić information content (AvgIpc) is 1.67. The number of phosphoric ester groups is 1. The van der Waals surface area contributed by atoms with Gasteiger partial charge in [0.2, 0.25) is 5.91 Å². The molecule has 0 spiro atoms. The molecule has 2 aliphatic rings. The maximum Gasteiger partial charge on any atom is 0.472 e. The van der Waals surface area contributed by atoms with E-state index < -0.39 is 91.2 Å². The van der Waals surface area contributed by atoms with Crippen molar-refractivity contribution in [2.24, 2.45) is 5.92 Å². The molecule has 0 aliphatic carbocycles. The van der Waals surface area contributed by atoms with Gasteiger partial charge in [-0.05, 0) is 53.6 Å². The fourth-order valence-corrected chi connectivity index (χ4v) is 12.7. The lowest BCUT2D eigenvalue weighted by molar-refractivity contribution is -0.138. The van der Waals surface area contributed by atoms with Gasteiger partial charge in [-0.1, -0.05) is 135 Å². The summed E-state index contributed by atoms with van der Waals surface area (Å²) >= 11 is 0. The Balaban J connectivity index is 1.18. The first kappa shape index (κ1) is 76.4. The highest BCUT2D eigenvalue weighted by molar-refractivity contribution is 7.47. The van der Waals surface area contributed by atoms with Gasteiger partial charge in [-0.25, -0.2) is 18.8 Å². The van der Waals surface area contributed by atoms with Crippen LogP contribution in [0.2, 0.25) is 0 Å². The fourth-order valence-electron chi connectivity index (χ4n) is 11.5. The van der Waals surface area contributed by atoms with Gasteiger partial charge in [-0.15, -0.1) is 5.10 Å². The first-order valence-corrected chi connectivity index (χ1v) is 34.9. The van der Waals surface area contributed by atoms with Crippen molar-refractivity contribution in [1.29, 1.82) is 0 Å². The third kappa shape index (κ3) is 27.7. The normalized spacial score (nSPS) is 20.9. The lowest BCUT2D eigenvalue weighted by Gasteiger charge is -2.31. The minimum Gasteiger partial charge on any atom is -0.378 e. The molecule has 9 atom stereocenters. The first-order valence-electron chi connectivity index (χ1n) is 33.4. The second-order valence-corrected chi connectivity index (χ2v) is 25.7. The van der Waals surface area contributed by atoms with Crippen molar-refractivity contribution < 1.29 is 61.2 Å². The maximum atomic E-state index is 15.1. The molecule has 5 heterocycles. The number of unbranched alkanes of at least 4 members (excludes halogenated alkanes) is 18. The second kappa shape index (κ2) is 42.8. The summed E-state index contributed by atoms with van der Waals surface area (Å²) in [7, 11) is -2.16. The number of hydrogen-bond acceptors (Lipinski definition) is 19. The fraction of sp³-hybridized carbons (Fsp3) is 0.825. The van der Waals surface area contributed by atoms with Gasteiger partial charge in [-0.2, -0.15) is 0 Å². The van der Waals surface area contributed by atoms with Crippen LogP contribution in [0.3, 0.4) is 0 Å². The summed E-state index contributed by atoms with van der Waals surface area (Å²) in [6.07, 6.45) is 21.4. The van der Waals surface area contributed by atoms with Crippen molar-refractivity contribution in [3.8, 4) is 0 Å². The number of hydrogen-bond donors (Lipinski definition) is 3. The number of aromatic nitrogens is 7. The van der Waals surface area contributed by atoms with Gasteiger partial charge in [0.15, 0.2) is 12.5 Å². The Bertz CT molecular complexity index is 2700. The summed E-state index contributed by atoms with van der Waals surface area (Å²) in [6.45, 7) is 16.9. The molecule has 1 unspecified atom stereocenters. The van der Waals surface area contributed by atoms with Crippen LogP contribution in [0, 0.1) is 5.92 Å². The van der Waals surface area contributed by atoms with Crippen molar-refractivity contribution in [3.05, 3.63) is 78.1 Å². The highest BCUT2D eigenvalue weighted by Crippen LogP contribution is 2.50. The van der Waals surface area contributed by atoms with Crippen molar-refractivity contribution in [1.82, 2.24) is 43.9 Å². The third-order valence-corrected chi connectivity index (χ3v) is 17.5. The number of nitrogens with one attached hydrogen (secondary N) is 2. The summed E-state index contributed by atoms with van der Waals surface area (Å²) < 4.78 is 76.8. The molecule has 90 heavy (non-hydrogen) atoms. The lowest BCUT2D eigenvalue weighted by Crippen LogP contribution is -2.45. The quantitative estimate of drug-likeness (QED) is 0.0355. The number of carbonyl (C=O) groups is 1. The van der Waals surface area contributed by atoms with E-state index in [2.05, 4.69) is 39.0 Å². The van der Waals surface area contributed by atoms with E-state index in [1.807, 2.05) is 13.8 Å². The Kier molecular flexibility index (Phi) is 36.4. The molecule has 0 bridgehead atoms. The highest BCUT2D eigenvalue weighted by atomic mass is 31.2. The third-order valence-electron chi connectivity index (χ3n) is 16.3. The maximum absolute atomic E-state index is 15.1. The van der Waals surface area contributed by atoms with Gasteiger partial charge >= 0.3 is 19.2 Å². The minimum atomic E-state index is -4.86. The van der Waals surface area contributed by atoms with Crippen molar-refractivity contribution in [2.75, 3.05) is 86.6 Å². The van der Waals surface area contributed by atoms with Crippen LogP contribution in [-0.4, -0.2) is 184 Å². The van der Waals surface area contributed by atoms with E-state index in [9.17, 15) is 28.6 Å². The molecular formula is C63H110N9O17P. The molecule has 2 fully saturated rings. The number of phosphoric acid groups is 1. The number of rotatable bonds is 51. The number of H-pyrrole nitrogens is 2. The Morgan fingerprint density at radius 3 is 1.63 bits per heavy atom. The highest BCUT2D eigenvalue weighted by Gasteiger charge is 2.52. The topological polar surface area (TPSA) is 294 Å². The molecule has 3 aromatic rings. The Morgan fingerprint density at radius 1 is 0.644 bits per heavy atom. The zero-order valence-electron chi connectivity index (χ0n) is 55.3. The van der Waals surface area contributed by atoms with Crippen LogP contribution in [0.15, 0.2) is 49.9 Å². The van der Waals surface area contributed by atoms with Gasteiger partial charge in [0.05, 0.1) is 90.4 Å². The van der Waals surface area contributed by atoms with Crippen molar-refractivity contribution in [2.45, 2.75) is 245 Å². The SMILES string of the molecule is CCCCCCCCCCCCN(CCCCCCCCCCCC)CCOCCOCCOCCn1cc(CN(C[C@H]2O[C@@H](n3ccc(=O)[nH]c3=O)[C@H](OC)[C@@H]2OP(=O)(O)OC(C)C)C(=O)C[C@H]2[C@@H](OC)[C@H](n3ccc(=O)[nH]c3=O)O[C@@H]2COC(C)C)nn1.